The molecule has 1 aliphatic heterocycles. The summed E-state index contributed by atoms with van der Waals surface area (Å²) in [4.78, 5) is 30.5. The molecule has 0 N–H and O–H groups in total. The Hall–Kier alpha value is -5.38. The third-order valence-electron chi connectivity index (χ3n) is 5.82. The third-order valence-corrected chi connectivity index (χ3v) is 5.82. The fourth-order valence-electron chi connectivity index (χ4n) is 3.95. The fourth-order valence-corrected chi connectivity index (χ4v) is 3.95. The lowest BCUT2D eigenvalue weighted by Gasteiger charge is -2.10. The smallest absolute Gasteiger partial charge is 0.343 e. The van der Waals surface area contributed by atoms with E-state index in [2.05, 4.69) is 10.1 Å². The second-order valence-corrected chi connectivity index (χ2v) is 8.16. The summed E-state index contributed by atoms with van der Waals surface area (Å²) in [5.41, 5.74) is 1.08. The van der Waals surface area contributed by atoms with Crippen LogP contribution in [0.15, 0.2) is 93.4 Å². The maximum atomic E-state index is 13.2. The number of hydrogen-bond acceptors (Lipinski definition) is 9. The van der Waals surface area contributed by atoms with Gasteiger partial charge in [-0.25, -0.2) is 9.78 Å². The molecule has 0 aliphatic carbocycles. The number of para-hydroxylation sites is 1. The molecule has 0 radical (unpaired) electrons. The summed E-state index contributed by atoms with van der Waals surface area (Å²) in [6.07, 6.45) is 2.98. The Morgan fingerprint density at radius 3 is 2.71 bits per heavy atom. The summed E-state index contributed by atoms with van der Waals surface area (Å²) in [5, 5.41) is 4.82. The minimum Gasteiger partial charge on any atom is -0.493 e. The number of esters is 1. The third kappa shape index (κ3) is 4.24. The van der Waals surface area contributed by atoms with Gasteiger partial charge in [0.05, 0.1) is 36.1 Å². The van der Waals surface area contributed by atoms with E-state index in [0.29, 0.717) is 45.0 Å². The number of methoxy groups -OCH3 is 1. The molecular formula is C28H19N3O7. The lowest BCUT2D eigenvalue weighted by Crippen LogP contribution is -2.20. The molecule has 0 saturated heterocycles. The van der Waals surface area contributed by atoms with Crippen LogP contribution in [0.5, 0.6) is 23.0 Å². The number of fused-ring (bicyclic) bond motifs is 2. The van der Waals surface area contributed by atoms with Crippen molar-refractivity contribution in [3.8, 4) is 34.6 Å². The molecule has 3 heterocycles. The molecule has 6 rings (SSSR count). The Labute approximate surface area is 215 Å². The van der Waals surface area contributed by atoms with E-state index in [1.807, 2.05) is 6.07 Å². The summed E-state index contributed by atoms with van der Waals surface area (Å²) in [7, 11) is 1.46. The van der Waals surface area contributed by atoms with E-state index < -0.39 is 5.97 Å². The van der Waals surface area contributed by atoms with E-state index in [1.165, 1.54) is 24.3 Å². The number of aromatic nitrogens is 2. The van der Waals surface area contributed by atoms with Crippen molar-refractivity contribution in [1.29, 1.82) is 0 Å². The van der Waals surface area contributed by atoms with E-state index in [0.717, 1.165) is 0 Å². The largest absolute Gasteiger partial charge is 0.493 e. The van der Waals surface area contributed by atoms with Gasteiger partial charge in [0.15, 0.2) is 28.8 Å². The average Bonchev–Trinajstić information content (AvgIpc) is 3.65. The molecule has 10 nitrogen and oxygen atoms in total. The zero-order valence-corrected chi connectivity index (χ0v) is 20.0. The number of furan rings is 1. The maximum Gasteiger partial charge on any atom is 0.343 e. The van der Waals surface area contributed by atoms with Gasteiger partial charge in [0, 0.05) is 0 Å². The number of nitrogens with zero attached hydrogens (tertiary/aromatic N) is 3. The quantitative estimate of drug-likeness (QED) is 0.187. The minimum atomic E-state index is -0.583. The SMILES string of the molecule is COc1cc(/C=N/n2c(-c3ccco3)nc3ccccc3c2=O)ccc1OC(=O)c1ccc2c(c1)OCO2. The Kier molecular flexibility index (Phi) is 5.81. The van der Waals surface area contributed by atoms with Crippen molar-refractivity contribution < 1.29 is 28.2 Å². The van der Waals surface area contributed by atoms with Crippen molar-refractivity contribution in [2.24, 2.45) is 5.10 Å². The van der Waals surface area contributed by atoms with Gasteiger partial charge in [0.2, 0.25) is 12.6 Å². The van der Waals surface area contributed by atoms with Gasteiger partial charge in [-0.15, -0.1) is 0 Å². The molecule has 3 aromatic carbocycles. The number of rotatable bonds is 6. The van der Waals surface area contributed by atoms with Crippen LogP contribution < -0.4 is 24.5 Å². The summed E-state index contributed by atoms with van der Waals surface area (Å²) in [5.74, 6) is 1.64. The first-order valence-corrected chi connectivity index (χ1v) is 11.5. The number of carbonyl (C=O) groups excluding carboxylic acids is 1. The first-order chi connectivity index (χ1) is 18.6. The maximum absolute atomic E-state index is 13.2. The molecule has 2 aromatic heterocycles. The second kappa shape index (κ2) is 9.58. The lowest BCUT2D eigenvalue weighted by atomic mass is 10.2. The van der Waals surface area contributed by atoms with Gasteiger partial charge in [-0.3, -0.25) is 4.79 Å². The topological polar surface area (TPSA) is 114 Å². The van der Waals surface area contributed by atoms with E-state index in [4.69, 9.17) is 23.4 Å². The van der Waals surface area contributed by atoms with Crippen LogP contribution in [0.25, 0.3) is 22.5 Å². The number of ether oxygens (including phenoxy) is 4. The van der Waals surface area contributed by atoms with Gasteiger partial charge >= 0.3 is 5.97 Å². The monoisotopic (exact) mass is 509 g/mol. The van der Waals surface area contributed by atoms with E-state index in [-0.39, 0.29) is 23.9 Å². The predicted molar refractivity (Wildman–Crippen MR) is 137 cm³/mol. The second-order valence-electron chi connectivity index (χ2n) is 8.16. The van der Waals surface area contributed by atoms with Crippen LogP contribution in [0.3, 0.4) is 0 Å². The van der Waals surface area contributed by atoms with Gasteiger partial charge in [0.1, 0.15) is 0 Å². The Morgan fingerprint density at radius 1 is 1.00 bits per heavy atom. The van der Waals surface area contributed by atoms with E-state index in [9.17, 15) is 9.59 Å². The van der Waals surface area contributed by atoms with Crippen LogP contribution in [-0.4, -0.2) is 35.7 Å². The van der Waals surface area contributed by atoms with Crippen LogP contribution in [0.1, 0.15) is 15.9 Å². The summed E-state index contributed by atoms with van der Waals surface area (Å²) in [6.45, 7) is 0.106. The van der Waals surface area contributed by atoms with Gasteiger partial charge in [-0.2, -0.15) is 9.78 Å². The molecule has 5 aromatic rings. The summed E-state index contributed by atoms with van der Waals surface area (Å²) in [6, 6.07) is 20.1. The molecular weight excluding hydrogens is 490 g/mol. The number of benzene rings is 3. The highest BCUT2D eigenvalue weighted by Gasteiger charge is 2.19. The van der Waals surface area contributed by atoms with Crippen LogP contribution in [0.4, 0.5) is 0 Å². The number of hydrogen-bond donors (Lipinski definition) is 0. The highest BCUT2D eigenvalue weighted by Crippen LogP contribution is 2.34. The Balaban J connectivity index is 1.31. The highest BCUT2D eigenvalue weighted by atomic mass is 16.7. The van der Waals surface area contributed by atoms with Crippen molar-refractivity contribution in [3.05, 3.63) is 101 Å². The normalized spacial score (nSPS) is 12.2. The van der Waals surface area contributed by atoms with Crippen LogP contribution in [0.2, 0.25) is 0 Å². The number of carbonyl (C=O) groups is 1. The van der Waals surface area contributed by atoms with Crippen molar-refractivity contribution in [2.45, 2.75) is 0 Å². The highest BCUT2D eigenvalue weighted by molar-refractivity contribution is 5.92. The van der Waals surface area contributed by atoms with Crippen LogP contribution in [-0.2, 0) is 0 Å². The average molecular weight is 509 g/mol. The molecule has 0 spiro atoms. The van der Waals surface area contributed by atoms with Gasteiger partial charge < -0.3 is 23.4 Å². The zero-order valence-electron chi connectivity index (χ0n) is 20.0. The molecule has 0 saturated carbocycles. The van der Waals surface area contributed by atoms with E-state index >= 15 is 0 Å². The first-order valence-electron chi connectivity index (χ1n) is 11.5. The standard InChI is InChI=1S/C28H19N3O7/c1-34-24-13-17(8-10-22(24)38-28(33)18-9-11-21-25(14-18)37-16-36-21)15-29-31-26(23-7-4-12-35-23)30-20-6-3-2-5-19(20)27(31)32/h2-15H,16H2,1H3/b29-15+. The van der Waals surface area contributed by atoms with Gasteiger partial charge in [-0.05, 0) is 66.2 Å². The fraction of sp³-hybridized carbons (Fsp3) is 0.0714. The first kappa shape index (κ1) is 23.0. The van der Waals surface area contributed by atoms with Crippen molar-refractivity contribution >= 4 is 23.1 Å². The predicted octanol–water partition coefficient (Wildman–Crippen LogP) is 4.50. The Morgan fingerprint density at radius 2 is 1.87 bits per heavy atom. The lowest BCUT2D eigenvalue weighted by molar-refractivity contribution is 0.0729. The summed E-state index contributed by atoms with van der Waals surface area (Å²) >= 11 is 0. The molecule has 38 heavy (non-hydrogen) atoms. The van der Waals surface area contributed by atoms with Gasteiger partial charge in [0.25, 0.3) is 5.56 Å². The van der Waals surface area contributed by atoms with Crippen molar-refractivity contribution in [1.82, 2.24) is 9.66 Å². The van der Waals surface area contributed by atoms with Crippen molar-refractivity contribution in [3.63, 3.8) is 0 Å². The molecule has 188 valence electrons. The minimum absolute atomic E-state index is 0.106. The molecule has 0 fully saturated rings. The molecule has 0 unspecified atom stereocenters. The van der Waals surface area contributed by atoms with Crippen LogP contribution >= 0.6 is 0 Å². The molecule has 10 heteroatoms. The molecule has 0 bridgehead atoms. The van der Waals surface area contributed by atoms with Crippen LogP contribution in [0, 0.1) is 0 Å². The van der Waals surface area contributed by atoms with Gasteiger partial charge in [-0.1, -0.05) is 12.1 Å². The summed E-state index contributed by atoms with van der Waals surface area (Å²) < 4.78 is 28.3. The Bertz CT molecular complexity index is 1760. The molecule has 0 atom stereocenters. The zero-order chi connectivity index (χ0) is 26.1. The van der Waals surface area contributed by atoms with E-state index in [1.54, 1.807) is 66.7 Å². The molecule has 1 aliphatic rings. The molecule has 0 amide bonds. The van der Waals surface area contributed by atoms with Crippen molar-refractivity contribution in [2.75, 3.05) is 13.9 Å².